The third kappa shape index (κ3) is 5.56. The number of rotatable bonds is 7. The van der Waals surface area contributed by atoms with Crippen molar-refractivity contribution in [3.05, 3.63) is 0 Å². The van der Waals surface area contributed by atoms with E-state index in [4.69, 9.17) is 5.11 Å². The molecule has 17 heavy (non-hydrogen) atoms. The molecule has 1 atom stereocenters. The van der Waals surface area contributed by atoms with Gasteiger partial charge in [0.05, 0.1) is 0 Å². The molecule has 1 rings (SSSR count). The lowest BCUT2D eigenvalue weighted by atomic mass is 10.1. The van der Waals surface area contributed by atoms with Gasteiger partial charge >= 0.3 is 12.0 Å². The maximum Gasteiger partial charge on any atom is 0.326 e. The Bertz CT molecular complexity index is 275. The smallest absolute Gasteiger partial charge is 0.326 e. The highest BCUT2D eigenvalue weighted by atomic mass is 16.4. The maximum atomic E-state index is 11.4. The lowest BCUT2D eigenvalue weighted by molar-refractivity contribution is -0.139. The average Bonchev–Trinajstić information content (AvgIpc) is 3.04. The monoisotopic (exact) mass is 242 g/mol. The van der Waals surface area contributed by atoms with Gasteiger partial charge in [-0.15, -0.1) is 0 Å². The van der Waals surface area contributed by atoms with Crippen molar-refractivity contribution in [3.63, 3.8) is 0 Å². The third-order valence-electron chi connectivity index (χ3n) is 2.89. The maximum absolute atomic E-state index is 11.4. The van der Waals surface area contributed by atoms with Crippen LogP contribution in [0.15, 0.2) is 0 Å². The van der Waals surface area contributed by atoms with Crippen LogP contribution >= 0.6 is 0 Å². The van der Waals surface area contributed by atoms with E-state index in [1.807, 2.05) is 0 Å². The van der Waals surface area contributed by atoms with Crippen molar-refractivity contribution in [2.45, 2.75) is 45.6 Å². The first kappa shape index (κ1) is 13.8. The number of carboxylic acid groups (broad SMARTS) is 1. The summed E-state index contributed by atoms with van der Waals surface area (Å²) in [6.45, 7) is 4.86. The summed E-state index contributed by atoms with van der Waals surface area (Å²) in [7, 11) is 0. The molecule has 1 fully saturated rings. The van der Waals surface area contributed by atoms with Crippen molar-refractivity contribution in [3.8, 4) is 0 Å². The minimum absolute atomic E-state index is 0.119. The zero-order valence-corrected chi connectivity index (χ0v) is 10.5. The molecule has 0 spiro atoms. The molecule has 0 aliphatic heterocycles. The molecule has 1 aliphatic carbocycles. The van der Waals surface area contributed by atoms with Gasteiger partial charge in [0, 0.05) is 6.54 Å². The molecular weight excluding hydrogens is 220 g/mol. The fourth-order valence-electron chi connectivity index (χ4n) is 1.72. The number of hydrogen-bond donors (Lipinski definition) is 3. The second-order valence-corrected chi connectivity index (χ2v) is 5.09. The van der Waals surface area contributed by atoms with Crippen LogP contribution in [-0.2, 0) is 4.79 Å². The first-order valence-electron chi connectivity index (χ1n) is 6.28. The van der Waals surface area contributed by atoms with Crippen molar-refractivity contribution >= 4 is 12.0 Å². The van der Waals surface area contributed by atoms with Crippen LogP contribution in [0.3, 0.4) is 0 Å². The van der Waals surface area contributed by atoms with Crippen molar-refractivity contribution in [2.75, 3.05) is 6.54 Å². The van der Waals surface area contributed by atoms with Crippen LogP contribution in [0.1, 0.15) is 39.5 Å². The topological polar surface area (TPSA) is 78.4 Å². The van der Waals surface area contributed by atoms with Gasteiger partial charge in [-0.25, -0.2) is 9.59 Å². The van der Waals surface area contributed by atoms with Crippen molar-refractivity contribution in [2.24, 2.45) is 11.8 Å². The SMILES string of the molecule is CC(C)CCCNC(=O)NC(C(=O)O)C1CC1. The quantitative estimate of drug-likeness (QED) is 0.593. The van der Waals surface area contributed by atoms with Gasteiger partial charge in [0.2, 0.25) is 0 Å². The Labute approximate surface area is 102 Å². The molecule has 0 bridgehead atoms. The van der Waals surface area contributed by atoms with Crippen LogP contribution in [-0.4, -0.2) is 29.7 Å². The van der Waals surface area contributed by atoms with Gasteiger partial charge in [0.15, 0.2) is 0 Å². The first-order chi connectivity index (χ1) is 8.00. The first-order valence-corrected chi connectivity index (χ1v) is 6.28. The molecule has 3 N–H and O–H groups in total. The summed E-state index contributed by atoms with van der Waals surface area (Å²) < 4.78 is 0. The molecule has 0 aromatic heterocycles. The van der Waals surface area contributed by atoms with Gasteiger partial charge < -0.3 is 15.7 Å². The molecule has 5 nitrogen and oxygen atoms in total. The summed E-state index contributed by atoms with van der Waals surface area (Å²) in [5, 5.41) is 14.1. The standard InChI is InChI=1S/C12H22N2O3/c1-8(2)4-3-7-13-12(17)14-10(11(15)16)9-5-6-9/h8-10H,3-7H2,1-2H3,(H,15,16)(H2,13,14,17). The fourth-order valence-corrected chi connectivity index (χ4v) is 1.72. The highest BCUT2D eigenvalue weighted by Gasteiger charge is 2.37. The normalized spacial score (nSPS) is 16.6. The van der Waals surface area contributed by atoms with Gasteiger partial charge in [-0.3, -0.25) is 0 Å². The largest absolute Gasteiger partial charge is 0.480 e. The van der Waals surface area contributed by atoms with Crippen LogP contribution in [0.4, 0.5) is 4.79 Å². The molecule has 1 unspecified atom stereocenters. The summed E-state index contributed by atoms with van der Waals surface area (Å²) >= 11 is 0. The van der Waals surface area contributed by atoms with E-state index in [2.05, 4.69) is 24.5 Å². The molecule has 98 valence electrons. The van der Waals surface area contributed by atoms with Gasteiger partial charge in [0.1, 0.15) is 6.04 Å². The Morgan fingerprint density at radius 1 is 1.35 bits per heavy atom. The molecular formula is C12H22N2O3. The second-order valence-electron chi connectivity index (χ2n) is 5.09. The zero-order valence-electron chi connectivity index (χ0n) is 10.5. The van der Waals surface area contributed by atoms with Crippen LogP contribution < -0.4 is 10.6 Å². The highest BCUT2D eigenvalue weighted by Crippen LogP contribution is 2.32. The Morgan fingerprint density at radius 3 is 2.47 bits per heavy atom. The van der Waals surface area contributed by atoms with Crippen LogP contribution in [0.2, 0.25) is 0 Å². The lowest BCUT2D eigenvalue weighted by Gasteiger charge is -2.14. The van der Waals surface area contributed by atoms with Gasteiger partial charge in [-0.2, -0.15) is 0 Å². The summed E-state index contributed by atoms with van der Waals surface area (Å²) in [5.74, 6) is -0.197. The van der Waals surface area contributed by atoms with Crippen LogP contribution in [0.25, 0.3) is 0 Å². The van der Waals surface area contributed by atoms with E-state index in [9.17, 15) is 9.59 Å². The Balaban J connectivity index is 2.16. The van der Waals surface area contributed by atoms with Crippen LogP contribution in [0, 0.1) is 11.8 Å². The number of hydrogen-bond acceptors (Lipinski definition) is 2. The lowest BCUT2D eigenvalue weighted by Crippen LogP contribution is -2.47. The molecule has 0 aromatic rings. The van der Waals surface area contributed by atoms with Gasteiger partial charge in [-0.1, -0.05) is 13.8 Å². The Morgan fingerprint density at radius 2 is 2.00 bits per heavy atom. The van der Waals surface area contributed by atoms with E-state index in [0.29, 0.717) is 12.5 Å². The molecule has 0 radical (unpaired) electrons. The predicted molar refractivity (Wildman–Crippen MR) is 64.8 cm³/mol. The molecule has 0 heterocycles. The van der Waals surface area contributed by atoms with E-state index in [0.717, 1.165) is 25.7 Å². The summed E-state index contributed by atoms with van der Waals surface area (Å²) in [6, 6.07) is -1.09. The second kappa shape index (κ2) is 6.47. The Kier molecular flexibility index (Phi) is 5.25. The summed E-state index contributed by atoms with van der Waals surface area (Å²) in [5.41, 5.74) is 0. The van der Waals surface area contributed by atoms with Crippen molar-refractivity contribution < 1.29 is 14.7 Å². The highest BCUT2D eigenvalue weighted by molar-refractivity contribution is 5.83. The minimum Gasteiger partial charge on any atom is -0.480 e. The van der Waals surface area contributed by atoms with Gasteiger partial charge in [-0.05, 0) is 37.5 Å². The molecule has 1 aliphatic rings. The van der Waals surface area contributed by atoms with Crippen molar-refractivity contribution in [1.82, 2.24) is 10.6 Å². The molecule has 0 saturated heterocycles. The molecule has 1 saturated carbocycles. The van der Waals surface area contributed by atoms with E-state index in [-0.39, 0.29) is 11.9 Å². The number of nitrogens with one attached hydrogen (secondary N) is 2. The van der Waals surface area contributed by atoms with E-state index < -0.39 is 12.0 Å². The van der Waals surface area contributed by atoms with Crippen LogP contribution in [0.5, 0.6) is 0 Å². The molecule has 0 aromatic carbocycles. The van der Waals surface area contributed by atoms with E-state index in [1.54, 1.807) is 0 Å². The van der Waals surface area contributed by atoms with Crippen molar-refractivity contribution in [1.29, 1.82) is 0 Å². The number of carbonyl (C=O) groups excluding carboxylic acids is 1. The number of aliphatic carboxylic acids is 1. The fraction of sp³-hybridized carbons (Fsp3) is 0.833. The molecule has 2 amide bonds. The predicted octanol–water partition coefficient (Wildman–Crippen LogP) is 1.58. The Hall–Kier alpha value is -1.26. The average molecular weight is 242 g/mol. The zero-order chi connectivity index (χ0) is 12.8. The van der Waals surface area contributed by atoms with E-state index in [1.165, 1.54) is 0 Å². The minimum atomic E-state index is -0.940. The third-order valence-corrected chi connectivity index (χ3v) is 2.89. The van der Waals surface area contributed by atoms with Gasteiger partial charge in [0.25, 0.3) is 0 Å². The summed E-state index contributed by atoms with van der Waals surface area (Å²) in [6.07, 6.45) is 3.77. The number of urea groups is 1. The summed E-state index contributed by atoms with van der Waals surface area (Å²) in [4.78, 5) is 22.3. The number of carboxylic acids is 1. The van der Waals surface area contributed by atoms with E-state index >= 15 is 0 Å². The number of carbonyl (C=O) groups is 2. The molecule has 5 heteroatoms. The number of amides is 2.